The molecule has 0 bridgehead atoms. The van der Waals surface area contributed by atoms with Crippen molar-refractivity contribution >= 4 is 5.96 Å². The highest BCUT2D eigenvalue weighted by Gasteiger charge is 2.30. The Hall–Kier alpha value is -2.70. The van der Waals surface area contributed by atoms with Crippen molar-refractivity contribution < 1.29 is 9.47 Å². The first-order chi connectivity index (χ1) is 14.4. The topological polar surface area (TPSA) is 63.9 Å². The van der Waals surface area contributed by atoms with Crippen LogP contribution in [-0.2, 0) is 5.41 Å². The maximum atomic E-state index is 5.49. The molecule has 0 spiro atoms. The van der Waals surface area contributed by atoms with Crippen molar-refractivity contribution in [3.05, 3.63) is 42.5 Å². The van der Waals surface area contributed by atoms with Crippen molar-refractivity contribution in [3.63, 3.8) is 0 Å². The molecule has 0 radical (unpaired) electrons. The lowest BCUT2D eigenvalue weighted by molar-refractivity contribution is 0.188. The van der Waals surface area contributed by atoms with E-state index in [0.717, 1.165) is 43.5 Å². The molecule has 164 valence electrons. The van der Waals surface area contributed by atoms with Gasteiger partial charge >= 0.3 is 0 Å². The molecule has 1 N–H and O–H groups in total. The van der Waals surface area contributed by atoms with Crippen LogP contribution < -0.4 is 14.8 Å². The molecule has 0 aliphatic carbocycles. The van der Waals surface area contributed by atoms with Gasteiger partial charge in [0.05, 0.1) is 26.6 Å². The molecule has 7 heteroatoms. The quantitative estimate of drug-likeness (QED) is 0.581. The van der Waals surface area contributed by atoms with Crippen LogP contribution in [0.25, 0.3) is 0 Å². The van der Waals surface area contributed by atoms with Crippen LogP contribution >= 0.6 is 0 Å². The molecule has 2 aromatic rings. The summed E-state index contributed by atoms with van der Waals surface area (Å²) in [6.45, 7) is 9.45. The molecule has 7 nitrogen and oxygen atoms in total. The van der Waals surface area contributed by atoms with Gasteiger partial charge in [0, 0.05) is 44.5 Å². The van der Waals surface area contributed by atoms with Crippen LogP contribution in [0.5, 0.6) is 11.5 Å². The molecule has 0 saturated carbocycles. The van der Waals surface area contributed by atoms with E-state index in [0.29, 0.717) is 12.0 Å². The first kappa shape index (κ1) is 22.0. The predicted molar refractivity (Wildman–Crippen MR) is 121 cm³/mol. The Labute approximate surface area is 180 Å². The summed E-state index contributed by atoms with van der Waals surface area (Å²) in [5.74, 6) is 3.05. The number of methoxy groups -OCH3 is 2. The smallest absolute Gasteiger partial charge is 0.193 e. The monoisotopic (exact) mass is 413 g/mol. The Morgan fingerprint density at radius 1 is 1.27 bits per heavy atom. The van der Waals surface area contributed by atoms with Crippen LogP contribution in [0.4, 0.5) is 0 Å². The van der Waals surface area contributed by atoms with Gasteiger partial charge in [-0.3, -0.25) is 4.99 Å². The van der Waals surface area contributed by atoms with Crippen molar-refractivity contribution in [2.24, 2.45) is 10.9 Å². The lowest BCUT2D eigenvalue weighted by Crippen LogP contribution is -2.51. The fourth-order valence-corrected chi connectivity index (χ4v) is 4.09. The van der Waals surface area contributed by atoms with Crippen LogP contribution in [0.3, 0.4) is 0 Å². The molecule has 1 fully saturated rings. The second kappa shape index (κ2) is 9.41. The van der Waals surface area contributed by atoms with Crippen LogP contribution in [0.1, 0.15) is 38.8 Å². The summed E-state index contributed by atoms with van der Waals surface area (Å²) in [4.78, 5) is 11.2. The van der Waals surface area contributed by atoms with Gasteiger partial charge < -0.3 is 24.3 Å². The minimum Gasteiger partial charge on any atom is -0.493 e. The Bertz CT molecular complexity index is 847. The molecule has 1 aliphatic rings. The lowest BCUT2D eigenvalue weighted by atomic mass is 9.84. The SMILES string of the molecule is CN=C(NCC(C)(C)c1ccc(OC)c(OC)c1)N1CCC(C)C(n2ccnc2)C1. The number of guanidine groups is 1. The number of nitrogens with one attached hydrogen (secondary N) is 1. The highest BCUT2D eigenvalue weighted by molar-refractivity contribution is 5.80. The van der Waals surface area contributed by atoms with E-state index in [-0.39, 0.29) is 5.41 Å². The second-order valence-electron chi connectivity index (χ2n) is 8.64. The molecule has 2 heterocycles. The van der Waals surface area contributed by atoms with E-state index in [9.17, 15) is 0 Å². The fraction of sp³-hybridized carbons (Fsp3) is 0.565. The van der Waals surface area contributed by atoms with Crippen molar-refractivity contribution in [1.82, 2.24) is 19.8 Å². The molecule has 1 saturated heterocycles. The number of hydrogen-bond donors (Lipinski definition) is 1. The molecular formula is C23H35N5O2. The first-order valence-corrected chi connectivity index (χ1v) is 10.5. The number of benzene rings is 1. The van der Waals surface area contributed by atoms with Crippen molar-refractivity contribution in [1.29, 1.82) is 0 Å². The van der Waals surface area contributed by atoms with Gasteiger partial charge in [0.1, 0.15) is 0 Å². The number of aliphatic imine (C=N–C) groups is 1. The van der Waals surface area contributed by atoms with Crippen molar-refractivity contribution in [2.75, 3.05) is 40.9 Å². The fourth-order valence-electron chi connectivity index (χ4n) is 4.09. The average molecular weight is 414 g/mol. The summed E-state index contributed by atoms with van der Waals surface area (Å²) in [7, 11) is 5.18. The molecule has 1 aromatic heterocycles. The minimum atomic E-state index is -0.109. The zero-order valence-corrected chi connectivity index (χ0v) is 19.1. The summed E-state index contributed by atoms with van der Waals surface area (Å²) < 4.78 is 13.1. The van der Waals surface area contributed by atoms with Crippen LogP contribution in [0.2, 0.25) is 0 Å². The Kier molecular flexibility index (Phi) is 6.90. The molecule has 2 atom stereocenters. The van der Waals surface area contributed by atoms with E-state index < -0.39 is 0 Å². The molecular weight excluding hydrogens is 378 g/mol. The molecule has 3 rings (SSSR count). The Morgan fingerprint density at radius 2 is 2.03 bits per heavy atom. The molecule has 30 heavy (non-hydrogen) atoms. The standard InChI is InChI=1S/C23H35N5O2/c1-17-9-11-27(14-19(17)28-12-10-25-16-28)22(24-4)26-15-23(2,3)18-7-8-20(29-5)21(13-18)30-6/h7-8,10,12-13,16-17,19H,9,11,14-15H2,1-6H3,(H,24,26). The summed E-state index contributed by atoms with van der Waals surface area (Å²) >= 11 is 0. The maximum Gasteiger partial charge on any atom is 0.193 e. The summed E-state index contributed by atoms with van der Waals surface area (Å²) in [5.41, 5.74) is 1.08. The van der Waals surface area contributed by atoms with Crippen molar-refractivity contribution in [3.8, 4) is 11.5 Å². The predicted octanol–water partition coefficient (Wildman–Crippen LogP) is 3.34. The minimum absolute atomic E-state index is 0.109. The first-order valence-electron chi connectivity index (χ1n) is 10.5. The molecule has 0 amide bonds. The summed E-state index contributed by atoms with van der Waals surface area (Å²) in [5, 5.41) is 3.60. The van der Waals surface area contributed by atoms with Gasteiger partial charge in [0.15, 0.2) is 17.5 Å². The van der Waals surface area contributed by atoms with Crippen LogP contribution in [0, 0.1) is 5.92 Å². The average Bonchev–Trinajstić information content (AvgIpc) is 3.29. The largest absolute Gasteiger partial charge is 0.493 e. The molecule has 1 aromatic carbocycles. The lowest BCUT2D eigenvalue weighted by Gasteiger charge is -2.40. The maximum absolute atomic E-state index is 5.49. The van der Waals surface area contributed by atoms with E-state index in [1.165, 1.54) is 5.56 Å². The van der Waals surface area contributed by atoms with Crippen LogP contribution in [0.15, 0.2) is 41.9 Å². The van der Waals surface area contributed by atoms with Crippen molar-refractivity contribution in [2.45, 2.75) is 38.6 Å². The van der Waals surface area contributed by atoms with Gasteiger partial charge in [-0.25, -0.2) is 4.98 Å². The highest BCUT2D eigenvalue weighted by atomic mass is 16.5. The van der Waals surface area contributed by atoms with Gasteiger partial charge in [-0.1, -0.05) is 26.8 Å². The van der Waals surface area contributed by atoms with E-state index in [4.69, 9.17) is 9.47 Å². The normalized spacial score (nSPS) is 20.2. The number of imidazole rings is 1. The zero-order valence-electron chi connectivity index (χ0n) is 19.1. The Morgan fingerprint density at radius 3 is 2.67 bits per heavy atom. The van der Waals surface area contributed by atoms with Gasteiger partial charge in [-0.2, -0.15) is 0 Å². The number of hydrogen-bond acceptors (Lipinski definition) is 4. The number of piperidine rings is 1. The van der Waals surface area contributed by atoms with Gasteiger partial charge in [0.2, 0.25) is 0 Å². The van der Waals surface area contributed by atoms with E-state index in [2.05, 4.69) is 63.9 Å². The van der Waals surface area contributed by atoms with Gasteiger partial charge in [0.25, 0.3) is 0 Å². The third-order valence-electron chi connectivity index (χ3n) is 6.19. The van der Waals surface area contributed by atoms with E-state index >= 15 is 0 Å². The molecule has 1 aliphatic heterocycles. The number of ether oxygens (including phenoxy) is 2. The third kappa shape index (κ3) is 4.71. The van der Waals surface area contributed by atoms with Crippen LogP contribution in [-0.4, -0.2) is 61.3 Å². The number of likely N-dealkylation sites (tertiary alicyclic amines) is 1. The van der Waals surface area contributed by atoms with Gasteiger partial charge in [-0.05, 0) is 30.0 Å². The summed E-state index contributed by atoms with van der Waals surface area (Å²) in [6, 6.07) is 6.52. The van der Waals surface area contributed by atoms with E-state index in [1.807, 2.05) is 25.6 Å². The number of nitrogens with zero attached hydrogens (tertiary/aromatic N) is 4. The van der Waals surface area contributed by atoms with Gasteiger partial charge in [-0.15, -0.1) is 0 Å². The number of aromatic nitrogens is 2. The molecule has 2 unspecified atom stereocenters. The second-order valence-corrected chi connectivity index (χ2v) is 8.64. The number of rotatable bonds is 6. The zero-order chi connectivity index (χ0) is 21.7. The van der Waals surface area contributed by atoms with E-state index in [1.54, 1.807) is 14.2 Å². The third-order valence-corrected chi connectivity index (χ3v) is 6.19. The summed E-state index contributed by atoms with van der Waals surface area (Å²) in [6.07, 6.45) is 6.95. The highest BCUT2D eigenvalue weighted by Crippen LogP contribution is 2.33. The Balaban J connectivity index is 1.68.